The summed E-state index contributed by atoms with van der Waals surface area (Å²) in [5.74, 6) is 2.53. The molecule has 1 aromatic heterocycles. The van der Waals surface area contributed by atoms with Crippen LogP contribution in [0.5, 0.6) is 0 Å². The first-order valence-corrected chi connectivity index (χ1v) is 14.8. The summed E-state index contributed by atoms with van der Waals surface area (Å²) >= 11 is 0. The van der Waals surface area contributed by atoms with Gasteiger partial charge in [-0.15, -0.1) is 0 Å². The number of hydrogen-bond donors (Lipinski definition) is 0. The quantitative estimate of drug-likeness (QED) is 0.642. The van der Waals surface area contributed by atoms with E-state index in [0.717, 1.165) is 48.6 Å². The van der Waals surface area contributed by atoms with E-state index in [2.05, 4.69) is 44.9 Å². The zero-order valence-electron chi connectivity index (χ0n) is 21.7. The van der Waals surface area contributed by atoms with Crippen molar-refractivity contribution in [1.82, 2.24) is 19.2 Å². The lowest BCUT2D eigenvalue weighted by Gasteiger charge is -2.36. The second kappa shape index (κ2) is 12.3. The highest BCUT2D eigenvalue weighted by Crippen LogP contribution is 2.31. The van der Waals surface area contributed by atoms with Gasteiger partial charge >= 0.3 is 0 Å². The molecule has 0 bridgehead atoms. The van der Waals surface area contributed by atoms with E-state index >= 15 is 0 Å². The van der Waals surface area contributed by atoms with Crippen LogP contribution in [0.25, 0.3) is 10.9 Å². The largest absolute Gasteiger partial charge is 0.367 e. The van der Waals surface area contributed by atoms with E-state index in [1.807, 2.05) is 27.0 Å². The summed E-state index contributed by atoms with van der Waals surface area (Å²) < 4.78 is 23.6. The monoisotopic (exact) mass is 489 g/mol. The van der Waals surface area contributed by atoms with Gasteiger partial charge in [0.15, 0.2) is 0 Å². The van der Waals surface area contributed by atoms with Gasteiger partial charge < -0.3 is 4.90 Å². The molecule has 1 aromatic carbocycles. The van der Waals surface area contributed by atoms with Crippen molar-refractivity contribution in [2.75, 3.05) is 57.0 Å². The van der Waals surface area contributed by atoms with E-state index in [4.69, 9.17) is 0 Å². The van der Waals surface area contributed by atoms with Crippen molar-refractivity contribution in [1.29, 1.82) is 0 Å². The fraction of sp³-hybridized carbons (Fsp3) is 0.692. The summed E-state index contributed by atoms with van der Waals surface area (Å²) in [6.07, 6.45) is 8.12. The molecule has 0 radical (unpaired) electrons. The Morgan fingerprint density at radius 3 is 2.21 bits per heavy atom. The first-order chi connectivity index (χ1) is 16.3. The summed E-state index contributed by atoms with van der Waals surface area (Å²) in [4.78, 5) is 14.1. The molecule has 1 aliphatic carbocycles. The molecule has 2 aromatic rings. The summed E-state index contributed by atoms with van der Waals surface area (Å²) in [5.41, 5.74) is 2.37. The van der Waals surface area contributed by atoms with Crippen LogP contribution in [0.3, 0.4) is 0 Å². The molecule has 0 unspecified atom stereocenters. The van der Waals surface area contributed by atoms with Crippen LogP contribution >= 0.6 is 0 Å². The zero-order valence-corrected chi connectivity index (χ0v) is 22.5. The fourth-order valence-corrected chi connectivity index (χ4v) is 5.41. The van der Waals surface area contributed by atoms with E-state index in [-0.39, 0.29) is 0 Å². The van der Waals surface area contributed by atoms with Crippen LogP contribution in [0.2, 0.25) is 0 Å². The Morgan fingerprint density at radius 2 is 1.62 bits per heavy atom. The van der Waals surface area contributed by atoms with E-state index in [1.54, 1.807) is 4.31 Å². The maximum Gasteiger partial charge on any atom is 0.211 e. The van der Waals surface area contributed by atoms with Gasteiger partial charge in [-0.05, 0) is 50.5 Å². The Labute approximate surface area is 206 Å². The standard InChI is InChI=1S/C17H22N4.C7H15NO2S.C2H6/c1-13-18-11-15-3-2-4-16(17(15)19-13)21-9-7-20(8-10-21)12-14-5-6-14;1-7-3-5-8(6-4-7)11(2,9)10;1-2/h2-4,11,14H,5-10,12H2,1H3;7H,3-6H2,1-2H3;1-2H3. The van der Waals surface area contributed by atoms with Gasteiger partial charge in [0, 0.05) is 57.4 Å². The van der Waals surface area contributed by atoms with E-state index < -0.39 is 10.0 Å². The van der Waals surface area contributed by atoms with Gasteiger partial charge in [-0.3, -0.25) is 4.90 Å². The van der Waals surface area contributed by atoms with Crippen molar-refractivity contribution in [3.05, 3.63) is 30.2 Å². The Kier molecular flexibility index (Phi) is 9.68. The molecule has 3 fully saturated rings. The molecular formula is C26H43N5O2S. The lowest BCUT2D eigenvalue weighted by molar-refractivity contribution is 0.248. The number of para-hydroxylation sites is 1. The SMILES string of the molecule is CC.CC1CCN(S(C)(=O)=O)CC1.Cc1ncc2cccc(N3CCN(CC4CC4)CC3)c2n1. The Balaban J connectivity index is 0.000000212. The van der Waals surface area contributed by atoms with Gasteiger partial charge in [0.2, 0.25) is 10.0 Å². The van der Waals surface area contributed by atoms with Gasteiger partial charge in [0.05, 0.1) is 17.5 Å². The number of nitrogens with zero attached hydrogens (tertiary/aromatic N) is 5. The molecule has 2 aliphatic heterocycles. The first kappa shape index (κ1) is 26.8. The number of sulfonamides is 1. The average Bonchev–Trinajstić information content (AvgIpc) is 3.65. The summed E-state index contributed by atoms with van der Waals surface area (Å²) in [6, 6.07) is 6.42. The maximum absolute atomic E-state index is 11.0. The summed E-state index contributed by atoms with van der Waals surface area (Å²) in [7, 11) is -2.92. The fourth-order valence-electron chi connectivity index (χ4n) is 4.54. The number of hydrogen-bond acceptors (Lipinski definition) is 6. The molecule has 5 rings (SSSR count). The van der Waals surface area contributed by atoms with Crippen molar-refractivity contribution in [3.63, 3.8) is 0 Å². The highest BCUT2D eigenvalue weighted by molar-refractivity contribution is 7.88. The molecule has 8 heteroatoms. The zero-order chi connectivity index (χ0) is 24.7. The first-order valence-electron chi connectivity index (χ1n) is 12.9. The molecule has 3 heterocycles. The van der Waals surface area contributed by atoms with Crippen LogP contribution < -0.4 is 4.90 Å². The van der Waals surface area contributed by atoms with Crippen LogP contribution in [0.1, 0.15) is 52.3 Å². The highest BCUT2D eigenvalue weighted by atomic mass is 32.2. The molecule has 0 N–H and O–H groups in total. The molecule has 190 valence electrons. The summed E-state index contributed by atoms with van der Waals surface area (Å²) in [5, 5.41) is 1.14. The minimum atomic E-state index is -2.92. The average molecular weight is 490 g/mol. The Bertz CT molecular complexity index is 1010. The number of rotatable bonds is 4. The summed E-state index contributed by atoms with van der Waals surface area (Å²) in [6.45, 7) is 15.4. The van der Waals surface area contributed by atoms with Gasteiger partial charge in [0.25, 0.3) is 0 Å². The molecule has 0 atom stereocenters. The molecule has 0 spiro atoms. The predicted octanol–water partition coefficient (Wildman–Crippen LogP) is 4.17. The van der Waals surface area contributed by atoms with E-state index in [1.165, 1.54) is 44.4 Å². The lowest BCUT2D eigenvalue weighted by Crippen LogP contribution is -2.47. The van der Waals surface area contributed by atoms with E-state index in [9.17, 15) is 8.42 Å². The molecule has 34 heavy (non-hydrogen) atoms. The molecule has 7 nitrogen and oxygen atoms in total. The van der Waals surface area contributed by atoms with Crippen LogP contribution in [0.4, 0.5) is 5.69 Å². The van der Waals surface area contributed by atoms with Gasteiger partial charge in [-0.2, -0.15) is 0 Å². The van der Waals surface area contributed by atoms with Crippen molar-refractivity contribution < 1.29 is 8.42 Å². The molecule has 1 saturated carbocycles. The van der Waals surface area contributed by atoms with Crippen molar-refractivity contribution in [2.45, 2.75) is 53.4 Å². The van der Waals surface area contributed by atoms with Crippen LogP contribution in [-0.4, -0.2) is 79.7 Å². The van der Waals surface area contributed by atoms with Gasteiger partial charge in [-0.1, -0.05) is 32.9 Å². The number of aryl methyl sites for hydroxylation is 1. The third-order valence-corrected chi connectivity index (χ3v) is 8.15. The second-order valence-electron chi connectivity index (χ2n) is 9.71. The van der Waals surface area contributed by atoms with Crippen molar-refractivity contribution in [2.24, 2.45) is 11.8 Å². The van der Waals surface area contributed by atoms with Gasteiger partial charge in [0.1, 0.15) is 5.82 Å². The van der Waals surface area contributed by atoms with Crippen molar-refractivity contribution >= 4 is 26.6 Å². The minimum Gasteiger partial charge on any atom is -0.367 e. The third-order valence-electron chi connectivity index (χ3n) is 6.85. The molecule has 3 aliphatic rings. The minimum absolute atomic E-state index is 0.688. The number of piperidine rings is 1. The molecule has 0 amide bonds. The Hall–Kier alpha value is -1.77. The normalized spacial score (nSPS) is 20.3. The van der Waals surface area contributed by atoms with Crippen LogP contribution in [0.15, 0.2) is 24.4 Å². The molecule has 2 saturated heterocycles. The topological polar surface area (TPSA) is 69.6 Å². The number of fused-ring (bicyclic) bond motifs is 1. The number of benzene rings is 1. The predicted molar refractivity (Wildman–Crippen MR) is 142 cm³/mol. The number of piperazine rings is 1. The van der Waals surface area contributed by atoms with Gasteiger partial charge in [-0.25, -0.2) is 22.7 Å². The highest BCUT2D eigenvalue weighted by Gasteiger charge is 2.27. The van der Waals surface area contributed by atoms with E-state index in [0.29, 0.717) is 19.0 Å². The molecular weight excluding hydrogens is 446 g/mol. The number of aromatic nitrogens is 2. The van der Waals surface area contributed by atoms with Crippen LogP contribution in [-0.2, 0) is 10.0 Å². The van der Waals surface area contributed by atoms with Crippen molar-refractivity contribution in [3.8, 4) is 0 Å². The Morgan fingerprint density at radius 1 is 0.971 bits per heavy atom. The van der Waals surface area contributed by atoms with Crippen LogP contribution in [0, 0.1) is 18.8 Å². The smallest absolute Gasteiger partial charge is 0.211 e. The maximum atomic E-state index is 11.0. The third kappa shape index (κ3) is 7.62. The number of anilines is 1. The second-order valence-corrected chi connectivity index (χ2v) is 11.7. The lowest BCUT2D eigenvalue weighted by atomic mass is 10.0.